The van der Waals surface area contributed by atoms with Crippen molar-refractivity contribution < 1.29 is 0 Å². The third-order valence-electron chi connectivity index (χ3n) is 2.83. The van der Waals surface area contributed by atoms with E-state index in [1.54, 1.807) is 0 Å². The number of aromatic nitrogens is 3. The average Bonchev–Trinajstić information content (AvgIpc) is 2.74. The Kier molecular flexibility index (Phi) is 2.02. The van der Waals surface area contributed by atoms with Crippen molar-refractivity contribution in [2.24, 2.45) is 0 Å². The van der Waals surface area contributed by atoms with Gasteiger partial charge in [-0.25, -0.2) is 0 Å². The highest BCUT2D eigenvalue weighted by Crippen LogP contribution is 2.21. The van der Waals surface area contributed by atoms with Gasteiger partial charge in [-0.05, 0) is 31.4 Å². The van der Waals surface area contributed by atoms with E-state index in [1.165, 1.54) is 12.8 Å². The Hall–Kier alpha value is -1.64. The molecule has 0 radical (unpaired) electrons. The van der Waals surface area contributed by atoms with Gasteiger partial charge in [0.2, 0.25) is 0 Å². The number of allylic oxidation sites excluding steroid dienone is 2. The lowest BCUT2D eigenvalue weighted by molar-refractivity contribution is 0.430. The Labute approximate surface area is 88.4 Å². The summed E-state index contributed by atoms with van der Waals surface area (Å²) in [5.74, 6) is 0. The highest BCUT2D eigenvalue weighted by atomic mass is 15.5. The lowest BCUT2D eigenvalue weighted by Crippen LogP contribution is -2.11. The second-order valence-corrected chi connectivity index (χ2v) is 3.94. The average molecular weight is 199 g/mol. The molecule has 76 valence electrons. The van der Waals surface area contributed by atoms with E-state index in [0.29, 0.717) is 6.04 Å². The summed E-state index contributed by atoms with van der Waals surface area (Å²) < 4.78 is 0. The first kappa shape index (κ1) is 8.65. The normalized spacial score (nSPS) is 20.9. The molecule has 1 aliphatic rings. The monoisotopic (exact) mass is 199 g/mol. The number of rotatable bonds is 1. The molecule has 2 aromatic rings. The van der Waals surface area contributed by atoms with E-state index < -0.39 is 0 Å². The summed E-state index contributed by atoms with van der Waals surface area (Å²) in [6, 6.07) is 8.36. The molecular formula is C12H13N3. The van der Waals surface area contributed by atoms with Crippen LogP contribution in [0.2, 0.25) is 0 Å². The summed E-state index contributed by atoms with van der Waals surface area (Å²) in [6.07, 6.45) is 8.01. The minimum absolute atomic E-state index is 0.353. The Balaban J connectivity index is 2.03. The molecule has 3 heteroatoms. The van der Waals surface area contributed by atoms with E-state index in [-0.39, 0.29) is 0 Å². The topological polar surface area (TPSA) is 30.7 Å². The van der Waals surface area contributed by atoms with Crippen LogP contribution in [0.15, 0.2) is 36.4 Å². The number of fused-ring (bicyclic) bond motifs is 1. The van der Waals surface area contributed by atoms with Crippen molar-refractivity contribution in [3.8, 4) is 0 Å². The highest BCUT2D eigenvalue weighted by molar-refractivity contribution is 5.73. The van der Waals surface area contributed by atoms with Crippen molar-refractivity contribution in [2.75, 3.05) is 0 Å². The largest absolute Gasteiger partial charge is 0.177 e. The van der Waals surface area contributed by atoms with E-state index in [2.05, 4.69) is 22.3 Å². The van der Waals surface area contributed by atoms with Gasteiger partial charge in [0.1, 0.15) is 11.0 Å². The first-order chi connectivity index (χ1) is 7.43. The molecule has 0 spiro atoms. The molecule has 0 aliphatic heterocycles. The second-order valence-electron chi connectivity index (χ2n) is 3.94. The minimum atomic E-state index is 0.353. The van der Waals surface area contributed by atoms with Gasteiger partial charge in [-0.2, -0.15) is 15.0 Å². The fraction of sp³-hybridized carbons (Fsp3) is 0.333. The van der Waals surface area contributed by atoms with Gasteiger partial charge in [0.15, 0.2) is 0 Å². The van der Waals surface area contributed by atoms with Gasteiger partial charge in [-0.1, -0.05) is 24.3 Å². The zero-order valence-corrected chi connectivity index (χ0v) is 8.50. The Morgan fingerprint density at radius 3 is 2.47 bits per heavy atom. The number of benzene rings is 1. The van der Waals surface area contributed by atoms with Crippen LogP contribution in [-0.4, -0.2) is 15.0 Å². The third-order valence-corrected chi connectivity index (χ3v) is 2.83. The van der Waals surface area contributed by atoms with E-state index in [9.17, 15) is 0 Å². The van der Waals surface area contributed by atoms with Crippen molar-refractivity contribution >= 4 is 11.0 Å². The van der Waals surface area contributed by atoms with E-state index in [0.717, 1.165) is 17.5 Å². The SMILES string of the molecule is C1=CC(n2nc3ccccc3n2)CCC1. The quantitative estimate of drug-likeness (QED) is 0.661. The molecule has 3 rings (SSSR count). The Bertz CT molecular complexity index is 465. The summed E-state index contributed by atoms with van der Waals surface area (Å²) in [6.45, 7) is 0. The van der Waals surface area contributed by atoms with Crippen LogP contribution in [0, 0.1) is 0 Å². The van der Waals surface area contributed by atoms with Crippen LogP contribution in [0.4, 0.5) is 0 Å². The van der Waals surface area contributed by atoms with Crippen LogP contribution in [0.25, 0.3) is 11.0 Å². The molecule has 15 heavy (non-hydrogen) atoms. The van der Waals surface area contributed by atoms with Gasteiger partial charge in [0.25, 0.3) is 0 Å². The van der Waals surface area contributed by atoms with Crippen molar-refractivity contribution in [3.05, 3.63) is 36.4 Å². The molecule has 0 fully saturated rings. The molecule has 3 nitrogen and oxygen atoms in total. The van der Waals surface area contributed by atoms with E-state index in [1.807, 2.05) is 29.1 Å². The number of hydrogen-bond donors (Lipinski definition) is 0. The summed E-state index contributed by atoms with van der Waals surface area (Å²) in [7, 11) is 0. The van der Waals surface area contributed by atoms with Gasteiger partial charge in [0, 0.05) is 0 Å². The first-order valence-electron chi connectivity index (χ1n) is 5.42. The van der Waals surface area contributed by atoms with Gasteiger partial charge in [-0.3, -0.25) is 0 Å². The predicted molar refractivity (Wildman–Crippen MR) is 59.6 cm³/mol. The summed E-state index contributed by atoms with van der Waals surface area (Å²) in [4.78, 5) is 1.85. The Morgan fingerprint density at radius 2 is 1.87 bits per heavy atom. The summed E-state index contributed by atoms with van der Waals surface area (Å²) >= 11 is 0. The molecule has 0 N–H and O–H groups in total. The maximum absolute atomic E-state index is 4.49. The zero-order chi connectivity index (χ0) is 10.1. The van der Waals surface area contributed by atoms with Crippen LogP contribution in [0.1, 0.15) is 25.3 Å². The third kappa shape index (κ3) is 1.54. The van der Waals surface area contributed by atoms with Crippen molar-refractivity contribution in [1.82, 2.24) is 15.0 Å². The predicted octanol–water partition coefficient (Wildman–Crippen LogP) is 2.71. The van der Waals surface area contributed by atoms with E-state index >= 15 is 0 Å². The molecule has 1 heterocycles. The van der Waals surface area contributed by atoms with Crippen molar-refractivity contribution in [2.45, 2.75) is 25.3 Å². The molecule has 0 bridgehead atoms. The fourth-order valence-corrected chi connectivity index (χ4v) is 2.01. The van der Waals surface area contributed by atoms with Crippen LogP contribution in [0.5, 0.6) is 0 Å². The van der Waals surface area contributed by atoms with Gasteiger partial charge >= 0.3 is 0 Å². The lowest BCUT2D eigenvalue weighted by Gasteiger charge is -2.14. The van der Waals surface area contributed by atoms with Gasteiger partial charge < -0.3 is 0 Å². The van der Waals surface area contributed by atoms with Crippen molar-refractivity contribution in [1.29, 1.82) is 0 Å². The van der Waals surface area contributed by atoms with Crippen LogP contribution in [0.3, 0.4) is 0 Å². The number of nitrogens with zero attached hydrogens (tertiary/aromatic N) is 3. The maximum atomic E-state index is 4.49. The molecule has 1 aliphatic carbocycles. The van der Waals surface area contributed by atoms with Gasteiger partial charge in [-0.15, -0.1) is 0 Å². The molecule has 0 amide bonds. The maximum Gasteiger partial charge on any atom is 0.113 e. The summed E-state index contributed by atoms with van der Waals surface area (Å²) in [5.41, 5.74) is 1.97. The highest BCUT2D eigenvalue weighted by Gasteiger charge is 2.13. The van der Waals surface area contributed by atoms with Crippen LogP contribution >= 0.6 is 0 Å². The zero-order valence-electron chi connectivity index (χ0n) is 8.50. The van der Waals surface area contributed by atoms with Gasteiger partial charge in [0.05, 0.1) is 6.04 Å². The van der Waals surface area contributed by atoms with E-state index in [4.69, 9.17) is 0 Å². The Morgan fingerprint density at radius 1 is 1.13 bits per heavy atom. The molecule has 1 atom stereocenters. The molecule has 0 saturated carbocycles. The lowest BCUT2D eigenvalue weighted by atomic mass is 10.0. The van der Waals surface area contributed by atoms with Crippen molar-refractivity contribution in [3.63, 3.8) is 0 Å². The van der Waals surface area contributed by atoms with Crippen LogP contribution < -0.4 is 0 Å². The summed E-state index contributed by atoms with van der Waals surface area (Å²) in [5, 5.41) is 8.98. The molecule has 1 aromatic heterocycles. The molecular weight excluding hydrogens is 186 g/mol. The number of hydrogen-bond acceptors (Lipinski definition) is 2. The second kappa shape index (κ2) is 3.50. The fourth-order valence-electron chi connectivity index (χ4n) is 2.01. The van der Waals surface area contributed by atoms with Crippen LogP contribution in [-0.2, 0) is 0 Å². The molecule has 1 unspecified atom stereocenters. The molecule has 1 aromatic carbocycles. The minimum Gasteiger partial charge on any atom is -0.177 e. The first-order valence-corrected chi connectivity index (χ1v) is 5.42. The molecule has 0 saturated heterocycles. The smallest absolute Gasteiger partial charge is 0.113 e. The standard InChI is InChI=1S/C12H13N3/c1-2-6-10(7-3-1)15-13-11-8-4-5-9-12(11)14-15/h2,4-6,8-10H,1,3,7H2.